The van der Waals surface area contributed by atoms with Crippen LogP contribution in [0.15, 0.2) is 30.5 Å². The summed E-state index contributed by atoms with van der Waals surface area (Å²) in [6, 6.07) is 8.53. The number of imidazole rings is 1. The van der Waals surface area contributed by atoms with Gasteiger partial charge in [-0.15, -0.1) is 0 Å². The van der Waals surface area contributed by atoms with Crippen molar-refractivity contribution in [1.29, 1.82) is 0 Å². The molecule has 84 valence electrons. The Bertz CT molecular complexity index is 537. The molecule has 0 bridgehead atoms. The summed E-state index contributed by atoms with van der Waals surface area (Å²) in [7, 11) is 0. The van der Waals surface area contributed by atoms with E-state index in [-0.39, 0.29) is 0 Å². The SMILES string of the molecule is CCc1cccc(-n2c(CC)c[nH]c2=S)c1. The van der Waals surface area contributed by atoms with Crippen molar-refractivity contribution in [2.45, 2.75) is 26.7 Å². The molecule has 0 aliphatic heterocycles. The zero-order valence-corrected chi connectivity index (χ0v) is 10.5. The number of nitrogens with one attached hydrogen (secondary N) is 1. The molecule has 3 heteroatoms. The Balaban J connectivity index is 2.57. The average molecular weight is 232 g/mol. The fourth-order valence-corrected chi connectivity index (χ4v) is 2.14. The van der Waals surface area contributed by atoms with Gasteiger partial charge < -0.3 is 4.98 Å². The maximum atomic E-state index is 5.31. The molecule has 2 rings (SSSR count). The summed E-state index contributed by atoms with van der Waals surface area (Å²) in [5.41, 5.74) is 3.71. The number of hydrogen-bond donors (Lipinski definition) is 1. The minimum Gasteiger partial charge on any atom is -0.337 e. The van der Waals surface area contributed by atoms with Gasteiger partial charge in [0.15, 0.2) is 4.77 Å². The molecule has 1 N–H and O–H groups in total. The maximum absolute atomic E-state index is 5.31. The zero-order chi connectivity index (χ0) is 11.5. The molecule has 0 aliphatic carbocycles. The highest BCUT2D eigenvalue weighted by atomic mass is 32.1. The van der Waals surface area contributed by atoms with E-state index in [0.29, 0.717) is 0 Å². The fourth-order valence-electron chi connectivity index (χ4n) is 1.86. The standard InChI is InChI=1S/C13H16N2S/c1-3-10-6-5-7-12(8-10)15-11(4-2)9-14-13(15)16/h5-9H,3-4H2,1-2H3,(H,14,16). The molecule has 0 fully saturated rings. The predicted molar refractivity (Wildman–Crippen MR) is 69.7 cm³/mol. The average Bonchev–Trinajstić information content (AvgIpc) is 2.70. The van der Waals surface area contributed by atoms with Gasteiger partial charge in [-0.2, -0.15) is 0 Å². The van der Waals surface area contributed by atoms with Crippen molar-refractivity contribution in [2.75, 3.05) is 0 Å². The van der Waals surface area contributed by atoms with Crippen LogP contribution in [-0.4, -0.2) is 9.55 Å². The third-order valence-corrected chi connectivity index (χ3v) is 3.09. The largest absolute Gasteiger partial charge is 0.337 e. The number of hydrogen-bond acceptors (Lipinski definition) is 1. The first-order chi connectivity index (χ1) is 7.76. The number of aromatic nitrogens is 2. The molecule has 0 aliphatic rings. The molecular weight excluding hydrogens is 216 g/mol. The summed E-state index contributed by atoms with van der Waals surface area (Å²) in [5.74, 6) is 0. The molecule has 2 aromatic rings. The van der Waals surface area contributed by atoms with Gasteiger partial charge in [0, 0.05) is 17.6 Å². The van der Waals surface area contributed by atoms with E-state index in [1.807, 2.05) is 6.20 Å². The van der Waals surface area contributed by atoms with Crippen LogP contribution in [-0.2, 0) is 12.8 Å². The molecule has 0 saturated carbocycles. The minimum atomic E-state index is 0.769. The number of benzene rings is 1. The van der Waals surface area contributed by atoms with Crippen LogP contribution < -0.4 is 0 Å². The predicted octanol–water partition coefficient (Wildman–Crippen LogP) is 3.66. The molecular formula is C13H16N2S. The van der Waals surface area contributed by atoms with Crippen LogP contribution in [0.3, 0.4) is 0 Å². The van der Waals surface area contributed by atoms with Crippen LogP contribution in [0.1, 0.15) is 25.1 Å². The second-order valence-electron chi connectivity index (χ2n) is 3.80. The molecule has 2 nitrogen and oxygen atoms in total. The van der Waals surface area contributed by atoms with Gasteiger partial charge in [0.2, 0.25) is 0 Å². The van der Waals surface area contributed by atoms with Crippen molar-refractivity contribution < 1.29 is 0 Å². The Hall–Kier alpha value is -1.35. The molecule has 0 saturated heterocycles. The Kier molecular flexibility index (Phi) is 3.25. The number of nitrogens with zero attached hydrogens (tertiary/aromatic N) is 1. The summed E-state index contributed by atoms with van der Waals surface area (Å²) in [6.45, 7) is 4.30. The fraction of sp³-hybridized carbons (Fsp3) is 0.308. The summed E-state index contributed by atoms with van der Waals surface area (Å²) in [6.07, 6.45) is 4.01. The highest BCUT2D eigenvalue weighted by molar-refractivity contribution is 7.71. The smallest absolute Gasteiger partial charge is 0.182 e. The van der Waals surface area contributed by atoms with Gasteiger partial charge in [-0.3, -0.25) is 4.57 Å². The van der Waals surface area contributed by atoms with Crippen molar-refractivity contribution >= 4 is 12.2 Å². The molecule has 1 heterocycles. The molecule has 1 aromatic heterocycles. The first kappa shape index (κ1) is 11.1. The van der Waals surface area contributed by atoms with Crippen LogP contribution in [0.5, 0.6) is 0 Å². The van der Waals surface area contributed by atoms with Gasteiger partial charge in [-0.25, -0.2) is 0 Å². The van der Waals surface area contributed by atoms with Gasteiger partial charge in [-0.05, 0) is 42.8 Å². The molecule has 16 heavy (non-hydrogen) atoms. The second-order valence-corrected chi connectivity index (χ2v) is 4.18. The zero-order valence-electron chi connectivity index (χ0n) is 9.66. The number of H-pyrrole nitrogens is 1. The van der Waals surface area contributed by atoms with Crippen molar-refractivity contribution in [3.63, 3.8) is 0 Å². The van der Waals surface area contributed by atoms with E-state index in [9.17, 15) is 0 Å². The normalized spacial score (nSPS) is 10.6. The number of rotatable bonds is 3. The molecule has 0 radical (unpaired) electrons. The lowest BCUT2D eigenvalue weighted by Crippen LogP contribution is -1.99. The van der Waals surface area contributed by atoms with Crippen LogP contribution in [0.4, 0.5) is 0 Å². The van der Waals surface area contributed by atoms with E-state index in [0.717, 1.165) is 23.3 Å². The topological polar surface area (TPSA) is 20.7 Å². The summed E-state index contributed by atoms with van der Waals surface area (Å²) < 4.78 is 2.87. The van der Waals surface area contributed by atoms with Crippen LogP contribution in [0, 0.1) is 4.77 Å². The van der Waals surface area contributed by atoms with Crippen LogP contribution in [0.2, 0.25) is 0 Å². The van der Waals surface area contributed by atoms with Crippen molar-refractivity contribution in [3.8, 4) is 5.69 Å². The van der Waals surface area contributed by atoms with Crippen LogP contribution >= 0.6 is 12.2 Å². The lowest BCUT2D eigenvalue weighted by atomic mass is 10.1. The van der Waals surface area contributed by atoms with Gasteiger partial charge in [0.05, 0.1) is 0 Å². The van der Waals surface area contributed by atoms with E-state index in [2.05, 4.69) is 47.7 Å². The maximum Gasteiger partial charge on any atom is 0.182 e. The van der Waals surface area contributed by atoms with E-state index in [4.69, 9.17) is 12.2 Å². The lowest BCUT2D eigenvalue weighted by Gasteiger charge is -2.08. The first-order valence-electron chi connectivity index (χ1n) is 5.64. The van der Waals surface area contributed by atoms with Gasteiger partial charge in [-0.1, -0.05) is 26.0 Å². The van der Waals surface area contributed by atoms with Gasteiger partial charge >= 0.3 is 0 Å². The minimum absolute atomic E-state index is 0.769. The van der Waals surface area contributed by atoms with E-state index in [1.165, 1.54) is 11.3 Å². The van der Waals surface area contributed by atoms with Crippen molar-refractivity contribution in [3.05, 3.63) is 46.5 Å². The summed E-state index contributed by atoms with van der Waals surface area (Å²) in [5, 5.41) is 0. The Labute approximate surface area is 101 Å². The first-order valence-corrected chi connectivity index (χ1v) is 6.05. The Morgan fingerprint density at radius 2 is 2.06 bits per heavy atom. The van der Waals surface area contributed by atoms with E-state index >= 15 is 0 Å². The molecule has 0 atom stereocenters. The quantitative estimate of drug-likeness (QED) is 0.801. The van der Waals surface area contributed by atoms with Crippen molar-refractivity contribution in [2.24, 2.45) is 0 Å². The molecule has 0 spiro atoms. The monoisotopic (exact) mass is 232 g/mol. The second kappa shape index (κ2) is 4.66. The molecule has 0 unspecified atom stereocenters. The summed E-state index contributed by atoms with van der Waals surface area (Å²) >= 11 is 5.31. The third kappa shape index (κ3) is 1.95. The number of aromatic amines is 1. The molecule has 1 aromatic carbocycles. The number of aryl methyl sites for hydroxylation is 2. The van der Waals surface area contributed by atoms with Gasteiger partial charge in [0.25, 0.3) is 0 Å². The molecule has 0 amide bonds. The lowest BCUT2D eigenvalue weighted by molar-refractivity contribution is 0.918. The summed E-state index contributed by atoms with van der Waals surface area (Å²) in [4.78, 5) is 3.10. The van der Waals surface area contributed by atoms with Crippen LogP contribution in [0.25, 0.3) is 5.69 Å². The van der Waals surface area contributed by atoms with E-state index < -0.39 is 0 Å². The van der Waals surface area contributed by atoms with Gasteiger partial charge in [0.1, 0.15) is 0 Å². The Morgan fingerprint density at radius 1 is 1.25 bits per heavy atom. The van der Waals surface area contributed by atoms with E-state index in [1.54, 1.807) is 0 Å². The highest BCUT2D eigenvalue weighted by Gasteiger charge is 2.04. The third-order valence-electron chi connectivity index (χ3n) is 2.79. The van der Waals surface area contributed by atoms with Crippen molar-refractivity contribution in [1.82, 2.24) is 9.55 Å². The Morgan fingerprint density at radius 3 is 2.75 bits per heavy atom. The highest BCUT2D eigenvalue weighted by Crippen LogP contribution is 2.15.